The molecule has 0 aliphatic carbocycles. The van der Waals surface area contributed by atoms with Crippen LogP contribution in [0.3, 0.4) is 0 Å². The Morgan fingerprint density at radius 3 is 2.48 bits per heavy atom. The van der Waals surface area contributed by atoms with Crippen LogP contribution in [0.4, 0.5) is 14.5 Å². The molecule has 1 heterocycles. The first-order chi connectivity index (χ1) is 10.0. The molecule has 106 valence electrons. The normalized spacial score (nSPS) is 11.0. The van der Waals surface area contributed by atoms with E-state index in [1.807, 2.05) is 0 Å². The van der Waals surface area contributed by atoms with Crippen LogP contribution in [0, 0.1) is 21.7 Å². The van der Waals surface area contributed by atoms with E-state index in [2.05, 4.69) is 0 Å². The topological polar surface area (TPSA) is 48.1 Å². The number of halogens is 2. The number of non-ortho nitro benzene ring substituents is 1. The largest absolute Gasteiger partial charge is 0.343 e. The Balaban J connectivity index is 2.05. The fourth-order valence-electron chi connectivity index (χ4n) is 2.40. The van der Waals surface area contributed by atoms with Gasteiger partial charge in [-0.2, -0.15) is 0 Å². The summed E-state index contributed by atoms with van der Waals surface area (Å²) in [7, 11) is 0. The Kier molecular flexibility index (Phi) is 3.13. The van der Waals surface area contributed by atoms with E-state index in [-0.39, 0.29) is 12.2 Å². The van der Waals surface area contributed by atoms with Gasteiger partial charge in [-0.25, -0.2) is 8.78 Å². The number of fused-ring (bicyclic) bond motifs is 1. The molecular formula is C15H10F2N2O2. The summed E-state index contributed by atoms with van der Waals surface area (Å²) < 4.78 is 28.1. The minimum absolute atomic E-state index is 0.0108. The first-order valence-electron chi connectivity index (χ1n) is 6.22. The van der Waals surface area contributed by atoms with Gasteiger partial charge in [0, 0.05) is 24.9 Å². The predicted molar refractivity (Wildman–Crippen MR) is 74.1 cm³/mol. The lowest BCUT2D eigenvalue weighted by Crippen LogP contribution is -1.99. The van der Waals surface area contributed by atoms with E-state index in [4.69, 9.17) is 0 Å². The smallest absolute Gasteiger partial charge is 0.278 e. The second-order valence-corrected chi connectivity index (χ2v) is 4.69. The van der Waals surface area contributed by atoms with Crippen LogP contribution in [-0.2, 0) is 6.54 Å². The predicted octanol–water partition coefficient (Wildman–Crippen LogP) is 3.88. The molecule has 0 N–H and O–H groups in total. The number of benzene rings is 2. The molecule has 0 bridgehead atoms. The Hall–Kier alpha value is -2.76. The molecule has 3 aromatic rings. The summed E-state index contributed by atoms with van der Waals surface area (Å²) in [4.78, 5) is 10.5. The first-order valence-corrected chi connectivity index (χ1v) is 6.22. The van der Waals surface area contributed by atoms with Gasteiger partial charge in [0.25, 0.3) is 5.69 Å². The van der Waals surface area contributed by atoms with Gasteiger partial charge in [0.1, 0.15) is 11.6 Å². The van der Waals surface area contributed by atoms with Crippen molar-refractivity contribution in [2.45, 2.75) is 6.54 Å². The van der Waals surface area contributed by atoms with Gasteiger partial charge in [-0.15, -0.1) is 0 Å². The molecule has 0 amide bonds. The van der Waals surface area contributed by atoms with Crippen molar-refractivity contribution >= 4 is 16.6 Å². The summed E-state index contributed by atoms with van der Waals surface area (Å²) in [6, 6.07) is 9.67. The highest BCUT2D eigenvalue weighted by atomic mass is 19.1. The molecule has 3 rings (SSSR count). The average molecular weight is 288 g/mol. The van der Waals surface area contributed by atoms with Gasteiger partial charge in [-0.3, -0.25) is 10.1 Å². The maximum absolute atomic E-state index is 13.2. The lowest BCUT2D eigenvalue weighted by Gasteiger charge is -2.06. The van der Waals surface area contributed by atoms with Crippen LogP contribution >= 0.6 is 0 Å². The zero-order valence-electron chi connectivity index (χ0n) is 10.8. The van der Waals surface area contributed by atoms with Gasteiger partial charge in [-0.1, -0.05) is 6.07 Å². The van der Waals surface area contributed by atoms with Crippen LogP contribution < -0.4 is 0 Å². The van der Waals surface area contributed by atoms with Crippen molar-refractivity contribution < 1.29 is 13.7 Å². The molecule has 0 aliphatic rings. The Labute approximate surface area is 118 Å². The molecule has 21 heavy (non-hydrogen) atoms. The number of hydrogen-bond donors (Lipinski definition) is 0. The maximum Gasteiger partial charge on any atom is 0.278 e. The molecule has 0 aliphatic heterocycles. The van der Waals surface area contributed by atoms with Gasteiger partial charge >= 0.3 is 0 Å². The summed E-state index contributed by atoms with van der Waals surface area (Å²) in [6.07, 6.45) is 1.67. The number of rotatable bonds is 3. The Bertz CT molecular complexity index is 823. The van der Waals surface area contributed by atoms with Gasteiger partial charge in [0.2, 0.25) is 0 Å². The lowest BCUT2D eigenvalue weighted by atomic mass is 10.2. The number of nitro benzene ring substituents is 1. The minimum atomic E-state index is -0.646. The Morgan fingerprint density at radius 1 is 1.10 bits per heavy atom. The molecule has 0 spiro atoms. The van der Waals surface area contributed by atoms with Gasteiger partial charge < -0.3 is 4.57 Å². The summed E-state index contributed by atoms with van der Waals surface area (Å²) in [5.74, 6) is -1.29. The molecule has 0 saturated heterocycles. The number of aromatic nitrogens is 1. The number of nitrogens with zero attached hydrogens (tertiary/aromatic N) is 2. The Morgan fingerprint density at radius 2 is 1.81 bits per heavy atom. The molecule has 0 atom stereocenters. The third-order valence-electron chi connectivity index (χ3n) is 3.26. The van der Waals surface area contributed by atoms with Crippen LogP contribution in [0.1, 0.15) is 5.56 Å². The quantitative estimate of drug-likeness (QED) is 0.542. The van der Waals surface area contributed by atoms with Crippen molar-refractivity contribution in [1.82, 2.24) is 4.57 Å². The molecule has 0 fully saturated rings. The van der Waals surface area contributed by atoms with Crippen molar-refractivity contribution in [3.8, 4) is 0 Å². The summed E-state index contributed by atoms with van der Waals surface area (Å²) in [5.41, 5.74) is 1.11. The zero-order chi connectivity index (χ0) is 15.0. The fourth-order valence-corrected chi connectivity index (χ4v) is 2.40. The van der Waals surface area contributed by atoms with E-state index in [9.17, 15) is 18.9 Å². The van der Waals surface area contributed by atoms with E-state index in [1.54, 1.807) is 29.0 Å². The molecule has 1 aromatic heterocycles. The molecule has 2 aromatic carbocycles. The molecule has 0 saturated carbocycles. The number of nitro groups is 1. The second-order valence-electron chi connectivity index (χ2n) is 4.69. The van der Waals surface area contributed by atoms with Gasteiger partial charge in [0.15, 0.2) is 0 Å². The third-order valence-corrected chi connectivity index (χ3v) is 3.26. The highest BCUT2D eigenvalue weighted by Crippen LogP contribution is 2.26. The van der Waals surface area contributed by atoms with Crippen LogP contribution in [0.2, 0.25) is 0 Å². The molecule has 0 radical (unpaired) electrons. The standard InChI is InChI=1S/C15H10F2N2O2/c16-11-6-10(7-12(17)8-11)9-18-5-4-13-14(18)2-1-3-15(13)19(20)21/h1-8H,9H2. The van der Waals surface area contributed by atoms with E-state index in [0.717, 1.165) is 6.07 Å². The fraction of sp³-hybridized carbons (Fsp3) is 0.0667. The molecule has 6 heteroatoms. The minimum Gasteiger partial charge on any atom is -0.343 e. The van der Waals surface area contributed by atoms with Crippen LogP contribution in [0.25, 0.3) is 10.9 Å². The highest BCUT2D eigenvalue weighted by Gasteiger charge is 2.14. The van der Waals surface area contributed by atoms with Crippen LogP contribution in [-0.4, -0.2) is 9.49 Å². The monoisotopic (exact) mass is 288 g/mol. The maximum atomic E-state index is 13.2. The van der Waals surface area contributed by atoms with Gasteiger partial charge in [0.05, 0.1) is 15.8 Å². The SMILES string of the molecule is O=[N+]([O-])c1cccc2c1ccn2Cc1cc(F)cc(F)c1. The second kappa shape index (κ2) is 4.97. The van der Waals surface area contributed by atoms with Crippen LogP contribution in [0.15, 0.2) is 48.7 Å². The van der Waals surface area contributed by atoms with Crippen molar-refractivity contribution in [2.24, 2.45) is 0 Å². The van der Waals surface area contributed by atoms with E-state index in [1.165, 1.54) is 18.2 Å². The molecule has 0 unspecified atom stereocenters. The van der Waals surface area contributed by atoms with E-state index < -0.39 is 16.6 Å². The lowest BCUT2D eigenvalue weighted by molar-refractivity contribution is -0.383. The van der Waals surface area contributed by atoms with Crippen molar-refractivity contribution in [2.75, 3.05) is 0 Å². The van der Waals surface area contributed by atoms with Crippen molar-refractivity contribution in [3.63, 3.8) is 0 Å². The van der Waals surface area contributed by atoms with Crippen molar-refractivity contribution in [3.05, 3.63) is 76.0 Å². The molecule has 4 nitrogen and oxygen atoms in total. The highest BCUT2D eigenvalue weighted by molar-refractivity contribution is 5.89. The zero-order valence-corrected chi connectivity index (χ0v) is 10.8. The summed E-state index contributed by atoms with van der Waals surface area (Å²) in [6.45, 7) is 0.235. The average Bonchev–Trinajstić information content (AvgIpc) is 2.80. The summed E-state index contributed by atoms with van der Waals surface area (Å²) >= 11 is 0. The number of hydrogen-bond acceptors (Lipinski definition) is 2. The van der Waals surface area contributed by atoms with Crippen molar-refractivity contribution in [1.29, 1.82) is 0 Å². The van der Waals surface area contributed by atoms with E-state index in [0.29, 0.717) is 16.5 Å². The summed E-state index contributed by atoms with van der Waals surface area (Å²) in [5, 5.41) is 11.5. The first kappa shape index (κ1) is 13.2. The third kappa shape index (κ3) is 2.47. The van der Waals surface area contributed by atoms with Crippen LogP contribution in [0.5, 0.6) is 0 Å². The molecular weight excluding hydrogens is 278 g/mol. The van der Waals surface area contributed by atoms with Gasteiger partial charge in [-0.05, 0) is 29.8 Å². The van der Waals surface area contributed by atoms with E-state index >= 15 is 0 Å².